The van der Waals surface area contributed by atoms with Gasteiger partial charge in [0.1, 0.15) is 5.82 Å². The van der Waals surface area contributed by atoms with E-state index in [1.165, 1.54) is 12.1 Å². The van der Waals surface area contributed by atoms with Gasteiger partial charge in [0.15, 0.2) is 5.96 Å². The van der Waals surface area contributed by atoms with Crippen molar-refractivity contribution in [3.63, 3.8) is 0 Å². The van der Waals surface area contributed by atoms with E-state index in [4.69, 9.17) is 4.74 Å². The van der Waals surface area contributed by atoms with E-state index < -0.39 is 0 Å². The lowest BCUT2D eigenvalue weighted by molar-refractivity contribution is 0.0170. The van der Waals surface area contributed by atoms with Crippen LogP contribution in [-0.2, 0) is 4.74 Å². The van der Waals surface area contributed by atoms with Gasteiger partial charge < -0.3 is 15.4 Å². The van der Waals surface area contributed by atoms with Crippen LogP contribution in [0.2, 0.25) is 0 Å². The van der Waals surface area contributed by atoms with Crippen LogP contribution in [0.3, 0.4) is 0 Å². The van der Waals surface area contributed by atoms with Gasteiger partial charge in [0.2, 0.25) is 0 Å². The molecule has 0 amide bonds. The van der Waals surface area contributed by atoms with Crippen molar-refractivity contribution in [2.75, 3.05) is 46.4 Å². The fraction of sp³-hybridized carbons (Fsp3) is 0.526. The van der Waals surface area contributed by atoms with Gasteiger partial charge >= 0.3 is 0 Å². The lowest BCUT2D eigenvalue weighted by atomic mass is 10.0. The van der Waals surface area contributed by atoms with Gasteiger partial charge in [-0.05, 0) is 31.0 Å². The van der Waals surface area contributed by atoms with Crippen LogP contribution in [0.15, 0.2) is 41.4 Å². The molecule has 0 bridgehead atoms. The summed E-state index contributed by atoms with van der Waals surface area (Å²) >= 11 is 0. The van der Waals surface area contributed by atoms with E-state index in [2.05, 4.69) is 26.6 Å². The molecule has 2 rings (SSSR count). The van der Waals surface area contributed by atoms with E-state index >= 15 is 0 Å². The molecule has 1 aromatic carbocycles. The third-order valence-electron chi connectivity index (χ3n) is 4.27. The van der Waals surface area contributed by atoms with Crippen LogP contribution in [0, 0.1) is 5.82 Å². The predicted octanol–water partition coefficient (Wildman–Crippen LogP) is 2.95. The Morgan fingerprint density at radius 1 is 1.27 bits per heavy atom. The zero-order valence-electron chi connectivity index (χ0n) is 15.6. The smallest absolute Gasteiger partial charge is 0.191 e. The molecule has 0 saturated carbocycles. The second kappa shape index (κ2) is 13.1. The molecule has 1 aromatic rings. The average molecular weight is 476 g/mol. The van der Waals surface area contributed by atoms with Crippen molar-refractivity contribution in [1.29, 1.82) is 0 Å². The average Bonchev–Trinajstić information content (AvgIpc) is 2.66. The van der Waals surface area contributed by atoms with Gasteiger partial charge in [-0.2, -0.15) is 0 Å². The Kier molecular flexibility index (Phi) is 11.5. The molecule has 1 atom stereocenters. The van der Waals surface area contributed by atoms with Crippen molar-refractivity contribution >= 4 is 29.9 Å². The van der Waals surface area contributed by atoms with Gasteiger partial charge in [0.05, 0.1) is 19.3 Å². The first-order valence-electron chi connectivity index (χ1n) is 8.87. The number of nitrogens with one attached hydrogen (secondary N) is 2. The van der Waals surface area contributed by atoms with Gasteiger partial charge in [-0.15, -0.1) is 24.0 Å². The number of halogens is 2. The molecule has 0 aliphatic carbocycles. The summed E-state index contributed by atoms with van der Waals surface area (Å²) in [4.78, 5) is 6.65. The summed E-state index contributed by atoms with van der Waals surface area (Å²) < 4.78 is 18.7. The molecule has 26 heavy (non-hydrogen) atoms. The number of ether oxygens (including phenoxy) is 1. The highest BCUT2D eigenvalue weighted by Gasteiger charge is 2.22. The van der Waals surface area contributed by atoms with Crippen LogP contribution in [0.1, 0.15) is 24.9 Å². The molecule has 5 nitrogen and oxygen atoms in total. The van der Waals surface area contributed by atoms with E-state index in [1.807, 2.05) is 25.1 Å². The largest absolute Gasteiger partial charge is 0.379 e. The molecule has 0 spiro atoms. The highest BCUT2D eigenvalue weighted by molar-refractivity contribution is 14.0. The number of hydrogen-bond donors (Lipinski definition) is 2. The SMILES string of the molecule is CC=CCCNC(=NC)NCC(c1ccc(F)cc1)N1CCOCC1.I. The summed E-state index contributed by atoms with van der Waals surface area (Å²) in [6.07, 6.45) is 5.12. The Hall–Kier alpha value is -1.19. The van der Waals surface area contributed by atoms with Crippen LogP contribution in [0.4, 0.5) is 4.39 Å². The van der Waals surface area contributed by atoms with Crippen LogP contribution < -0.4 is 10.6 Å². The zero-order chi connectivity index (χ0) is 17.9. The number of rotatable bonds is 7. The number of nitrogens with zero attached hydrogens (tertiary/aromatic N) is 2. The van der Waals surface area contributed by atoms with Gasteiger partial charge in [0, 0.05) is 33.2 Å². The molecular formula is C19H30FIN4O. The summed E-state index contributed by atoms with van der Waals surface area (Å²) in [6.45, 7) is 6.76. The zero-order valence-corrected chi connectivity index (χ0v) is 17.9. The van der Waals surface area contributed by atoms with Crippen molar-refractivity contribution in [2.45, 2.75) is 19.4 Å². The van der Waals surface area contributed by atoms with Gasteiger partial charge in [-0.25, -0.2) is 4.39 Å². The van der Waals surface area contributed by atoms with Crippen LogP contribution in [0.25, 0.3) is 0 Å². The number of guanidine groups is 1. The highest BCUT2D eigenvalue weighted by Crippen LogP contribution is 2.21. The Balaban J connectivity index is 0.00000338. The normalized spacial score (nSPS) is 17.0. The first-order valence-corrected chi connectivity index (χ1v) is 8.87. The topological polar surface area (TPSA) is 48.9 Å². The minimum absolute atomic E-state index is 0. The second-order valence-electron chi connectivity index (χ2n) is 5.95. The monoisotopic (exact) mass is 476 g/mol. The summed E-state index contributed by atoms with van der Waals surface area (Å²) in [5, 5.41) is 6.70. The molecule has 146 valence electrons. The minimum atomic E-state index is -0.209. The number of benzene rings is 1. The standard InChI is InChI=1S/C19H29FN4O.HI/c1-3-4-5-10-22-19(21-2)23-15-18(24-11-13-25-14-12-24)16-6-8-17(20)9-7-16;/h3-4,6-9,18H,5,10-15H2,1-2H3,(H2,21,22,23);1H. The first-order chi connectivity index (χ1) is 12.2. The molecule has 7 heteroatoms. The van der Waals surface area contributed by atoms with Gasteiger partial charge in [-0.1, -0.05) is 24.3 Å². The fourth-order valence-corrected chi connectivity index (χ4v) is 2.89. The Morgan fingerprint density at radius 2 is 1.96 bits per heavy atom. The molecule has 1 fully saturated rings. The van der Waals surface area contributed by atoms with E-state index in [9.17, 15) is 4.39 Å². The maximum Gasteiger partial charge on any atom is 0.191 e. The Morgan fingerprint density at radius 3 is 2.58 bits per heavy atom. The van der Waals surface area contributed by atoms with Gasteiger partial charge in [0.25, 0.3) is 0 Å². The highest BCUT2D eigenvalue weighted by atomic mass is 127. The summed E-state index contributed by atoms with van der Waals surface area (Å²) in [7, 11) is 1.77. The Labute approximate surface area is 173 Å². The van der Waals surface area contributed by atoms with Crippen molar-refractivity contribution in [1.82, 2.24) is 15.5 Å². The quantitative estimate of drug-likeness (QED) is 0.209. The van der Waals surface area contributed by atoms with Crippen molar-refractivity contribution in [2.24, 2.45) is 4.99 Å². The Bertz CT molecular complexity index is 559. The third kappa shape index (κ3) is 7.59. The molecular weight excluding hydrogens is 446 g/mol. The van der Waals surface area contributed by atoms with Crippen molar-refractivity contribution in [3.8, 4) is 0 Å². The number of morpholine rings is 1. The molecule has 1 aliphatic rings. The summed E-state index contributed by atoms with van der Waals surface area (Å²) in [6, 6.07) is 6.91. The first kappa shape index (κ1) is 22.9. The molecule has 1 saturated heterocycles. The molecule has 1 heterocycles. The maximum atomic E-state index is 13.3. The fourth-order valence-electron chi connectivity index (χ4n) is 2.89. The van der Waals surface area contributed by atoms with Crippen LogP contribution >= 0.6 is 24.0 Å². The van der Waals surface area contributed by atoms with Crippen LogP contribution in [0.5, 0.6) is 0 Å². The van der Waals surface area contributed by atoms with E-state index in [0.717, 1.165) is 50.8 Å². The summed E-state index contributed by atoms with van der Waals surface area (Å²) in [5.41, 5.74) is 1.10. The predicted molar refractivity (Wildman–Crippen MR) is 116 cm³/mol. The lowest BCUT2D eigenvalue weighted by Gasteiger charge is -2.35. The van der Waals surface area contributed by atoms with Crippen molar-refractivity contribution < 1.29 is 9.13 Å². The van der Waals surface area contributed by atoms with Crippen LogP contribution in [-0.4, -0.2) is 57.3 Å². The number of aliphatic imine (C=N–C) groups is 1. The van der Waals surface area contributed by atoms with Gasteiger partial charge in [-0.3, -0.25) is 9.89 Å². The van der Waals surface area contributed by atoms with E-state index in [-0.39, 0.29) is 35.8 Å². The van der Waals surface area contributed by atoms with E-state index in [1.54, 1.807) is 7.05 Å². The molecule has 1 unspecified atom stereocenters. The minimum Gasteiger partial charge on any atom is -0.379 e. The van der Waals surface area contributed by atoms with Crippen molar-refractivity contribution in [3.05, 3.63) is 47.8 Å². The summed E-state index contributed by atoms with van der Waals surface area (Å²) in [5.74, 6) is 0.573. The maximum absolute atomic E-state index is 13.3. The lowest BCUT2D eigenvalue weighted by Crippen LogP contribution is -2.46. The third-order valence-corrected chi connectivity index (χ3v) is 4.27. The molecule has 0 aromatic heterocycles. The number of hydrogen-bond acceptors (Lipinski definition) is 3. The molecule has 2 N–H and O–H groups in total. The molecule has 1 aliphatic heterocycles. The number of allylic oxidation sites excluding steroid dienone is 1. The molecule has 0 radical (unpaired) electrons. The second-order valence-corrected chi connectivity index (χ2v) is 5.95. The van der Waals surface area contributed by atoms with E-state index in [0.29, 0.717) is 6.54 Å².